The van der Waals surface area contributed by atoms with Crippen LogP contribution in [-0.4, -0.2) is 21.7 Å². The quantitative estimate of drug-likeness (QED) is 0.889. The predicted molar refractivity (Wildman–Crippen MR) is 71.8 cm³/mol. The van der Waals surface area contributed by atoms with Gasteiger partial charge < -0.3 is 5.32 Å². The summed E-state index contributed by atoms with van der Waals surface area (Å²) < 4.78 is 0. The number of rotatable bonds is 2. The first-order valence-electron chi connectivity index (χ1n) is 5.85. The molecule has 0 bridgehead atoms. The number of nitrogens with one attached hydrogen (secondary N) is 2. The Balaban J connectivity index is 1.94. The fourth-order valence-corrected chi connectivity index (χ4v) is 2.51. The number of benzene rings is 1. The van der Waals surface area contributed by atoms with E-state index in [1.807, 2.05) is 0 Å². The number of hydrogen-bond acceptors (Lipinski definition) is 3. The van der Waals surface area contributed by atoms with E-state index in [2.05, 4.69) is 20.5 Å². The van der Waals surface area contributed by atoms with E-state index >= 15 is 0 Å². The molecule has 0 spiro atoms. The molecular weight excluding hydrogens is 271 g/mol. The average Bonchev–Trinajstić information content (AvgIpc) is 3.00. The van der Waals surface area contributed by atoms with Crippen molar-refractivity contribution < 1.29 is 0 Å². The molecule has 0 amide bonds. The van der Waals surface area contributed by atoms with Crippen molar-refractivity contribution in [3.05, 3.63) is 34.1 Å². The van der Waals surface area contributed by atoms with Crippen LogP contribution < -0.4 is 5.32 Å². The third-order valence-electron chi connectivity index (χ3n) is 3.06. The Morgan fingerprint density at radius 3 is 2.94 bits per heavy atom. The second kappa shape index (κ2) is 4.88. The standard InChI is InChI=1S/C12H12Cl2N4/c13-7-3-4-9(14)8(6-7)11-16-12(18-17-11)10-2-1-5-15-10/h3-4,6,10,15H,1-2,5H2,(H,16,17,18). The van der Waals surface area contributed by atoms with Crippen molar-refractivity contribution in [2.75, 3.05) is 6.54 Å². The summed E-state index contributed by atoms with van der Waals surface area (Å²) >= 11 is 12.1. The van der Waals surface area contributed by atoms with Crippen LogP contribution in [0.1, 0.15) is 24.7 Å². The molecule has 94 valence electrons. The Morgan fingerprint density at radius 1 is 1.28 bits per heavy atom. The molecule has 0 aliphatic carbocycles. The van der Waals surface area contributed by atoms with Crippen molar-refractivity contribution in [1.29, 1.82) is 0 Å². The highest BCUT2D eigenvalue weighted by atomic mass is 35.5. The maximum Gasteiger partial charge on any atom is 0.182 e. The molecule has 2 heterocycles. The number of nitrogens with zero attached hydrogens (tertiary/aromatic N) is 2. The van der Waals surface area contributed by atoms with E-state index in [1.165, 1.54) is 6.42 Å². The van der Waals surface area contributed by atoms with E-state index in [0.29, 0.717) is 15.9 Å². The van der Waals surface area contributed by atoms with Crippen molar-refractivity contribution in [2.24, 2.45) is 0 Å². The lowest BCUT2D eigenvalue weighted by Crippen LogP contribution is -2.14. The number of aromatic amines is 1. The first kappa shape index (κ1) is 12.0. The van der Waals surface area contributed by atoms with Crippen molar-refractivity contribution in [3.8, 4) is 11.4 Å². The number of aromatic nitrogens is 3. The van der Waals surface area contributed by atoms with Gasteiger partial charge in [-0.1, -0.05) is 23.2 Å². The van der Waals surface area contributed by atoms with Gasteiger partial charge in [-0.3, -0.25) is 5.10 Å². The molecule has 2 N–H and O–H groups in total. The van der Waals surface area contributed by atoms with Gasteiger partial charge >= 0.3 is 0 Å². The average molecular weight is 283 g/mol. The van der Waals surface area contributed by atoms with Gasteiger partial charge in [0.2, 0.25) is 0 Å². The largest absolute Gasteiger partial charge is 0.307 e. The second-order valence-corrected chi connectivity index (χ2v) is 5.16. The molecule has 18 heavy (non-hydrogen) atoms. The van der Waals surface area contributed by atoms with E-state index in [-0.39, 0.29) is 6.04 Å². The lowest BCUT2D eigenvalue weighted by Gasteiger charge is -2.04. The molecule has 1 fully saturated rings. The molecule has 4 nitrogen and oxygen atoms in total. The van der Waals surface area contributed by atoms with Gasteiger partial charge in [-0.2, -0.15) is 5.10 Å². The summed E-state index contributed by atoms with van der Waals surface area (Å²) in [6.07, 6.45) is 2.25. The summed E-state index contributed by atoms with van der Waals surface area (Å²) in [4.78, 5) is 4.49. The molecule has 2 aromatic rings. The third kappa shape index (κ3) is 2.23. The van der Waals surface area contributed by atoms with Crippen LogP contribution in [0, 0.1) is 0 Å². The molecule has 0 saturated carbocycles. The Hall–Kier alpha value is -1.10. The zero-order valence-corrected chi connectivity index (χ0v) is 11.1. The van der Waals surface area contributed by atoms with Gasteiger partial charge in [-0.15, -0.1) is 0 Å². The van der Waals surface area contributed by atoms with Crippen LogP contribution in [-0.2, 0) is 0 Å². The van der Waals surface area contributed by atoms with E-state index in [4.69, 9.17) is 23.2 Å². The maximum atomic E-state index is 6.13. The second-order valence-electron chi connectivity index (χ2n) is 4.32. The lowest BCUT2D eigenvalue weighted by molar-refractivity contribution is 0.608. The molecule has 6 heteroatoms. The monoisotopic (exact) mass is 282 g/mol. The fourth-order valence-electron chi connectivity index (χ4n) is 2.14. The predicted octanol–water partition coefficient (Wildman–Crippen LogP) is 3.20. The van der Waals surface area contributed by atoms with E-state index < -0.39 is 0 Å². The molecule has 3 rings (SSSR count). The van der Waals surface area contributed by atoms with Gasteiger partial charge in [0.1, 0.15) is 5.82 Å². The molecule has 1 aromatic heterocycles. The minimum absolute atomic E-state index is 0.268. The van der Waals surface area contributed by atoms with Gasteiger partial charge in [0.15, 0.2) is 5.82 Å². The Bertz CT molecular complexity index is 561. The third-order valence-corrected chi connectivity index (χ3v) is 3.63. The van der Waals surface area contributed by atoms with Crippen LogP contribution >= 0.6 is 23.2 Å². The minimum atomic E-state index is 0.268. The highest BCUT2D eigenvalue weighted by Gasteiger charge is 2.20. The zero-order chi connectivity index (χ0) is 12.5. The smallest absolute Gasteiger partial charge is 0.182 e. The van der Waals surface area contributed by atoms with E-state index in [0.717, 1.165) is 24.4 Å². The highest BCUT2D eigenvalue weighted by molar-refractivity contribution is 6.35. The zero-order valence-electron chi connectivity index (χ0n) is 9.58. The molecule has 1 aliphatic rings. The number of H-pyrrole nitrogens is 1. The summed E-state index contributed by atoms with van der Waals surface area (Å²) in [5.41, 5.74) is 0.754. The van der Waals surface area contributed by atoms with Gasteiger partial charge in [0, 0.05) is 10.6 Å². The normalized spacial score (nSPS) is 19.3. The summed E-state index contributed by atoms with van der Waals surface area (Å²) in [7, 11) is 0. The Morgan fingerprint density at radius 2 is 2.17 bits per heavy atom. The van der Waals surface area contributed by atoms with Crippen molar-refractivity contribution in [2.45, 2.75) is 18.9 Å². The fraction of sp³-hybridized carbons (Fsp3) is 0.333. The molecular formula is C12H12Cl2N4. The topological polar surface area (TPSA) is 53.6 Å². The molecule has 1 unspecified atom stereocenters. The summed E-state index contributed by atoms with van der Waals surface area (Å²) in [5, 5.41) is 11.8. The molecule has 0 radical (unpaired) electrons. The summed E-state index contributed by atoms with van der Waals surface area (Å²) in [6, 6.07) is 5.55. The molecule has 1 aliphatic heterocycles. The van der Waals surface area contributed by atoms with Crippen LogP contribution in [0.3, 0.4) is 0 Å². The van der Waals surface area contributed by atoms with Gasteiger partial charge in [0.25, 0.3) is 0 Å². The van der Waals surface area contributed by atoms with Crippen LogP contribution in [0.5, 0.6) is 0 Å². The summed E-state index contributed by atoms with van der Waals surface area (Å²) in [6.45, 7) is 1.03. The summed E-state index contributed by atoms with van der Waals surface area (Å²) in [5.74, 6) is 1.45. The molecule has 1 aromatic carbocycles. The SMILES string of the molecule is Clc1ccc(Cl)c(-c2n[nH]c(C3CCCN3)n2)c1. The molecule has 1 atom stereocenters. The van der Waals surface area contributed by atoms with Crippen LogP contribution in [0.25, 0.3) is 11.4 Å². The lowest BCUT2D eigenvalue weighted by atomic mass is 10.2. The van der Waals surface area contributed by atoms with Crippen molar-refractivity contribution in [3.63, 3.8) is 0 Å². The maximum absolute atomic E-state index is 6.13. The van der Waals surface area contributed by atoms with Crippen LogP contribution in [0.4, 0.5) is 0 Å². The van der Waals surface area contributed by atoms with Crippen molar-refractivity contribution >= 4 is 23.2 Å². The van der Waals surface area contributed by atoms with E-state index in [9.17, 15) is 0 Å². The number of halogens is 2. The van der Waals surface area contributed by atoms with Crippen LogP contribution in [0.15, 0.2) is 18.2 Å². The number of hydrogen-bond donors (Lipinski definition) is 2. The molecule has 1 saturated heterocycles. The van der Waals surface area contributed by atoms with Gasteiger partial charge in [0.05, 0.1) is 11.1 Å². The first-order valence-corrected chi connectivity index (χ1v) is 6.61. The van der Waals surface area contributed by atoms with Crippen LogP contribution in [0.2, 0.25) is 10.0 Å². The minimum Gasteiger partial charge on any atom is -0.307 e. The van der Waals surface area contributed by atoms with Gasteiger partial charge in [-0.05, 0) is 37.6 Å². The highest BCUT2D eigenvalue weighted by Crippen LogP contribution is 2.29. The Kier molecular flexibility index (Phi) is 3.24. The van der Waals surface area contributed by atoms with Gasteiger partial charge in [-0.25, -0.2) is 4.98 Å². The van der Waals surface area contributed by atoms with E-state index in [1.54, 1.807) is 18.2 Å². The van der Waals surface area contributed by atoms with Crippen molar-refractivity contribution in [1.82, 2.24) is 20.5 Å². The Labute approximate surface area is 115 Å². The first-order chi connectivity index (χ1) is 8.74.